The molecule has 0 saturated carbocycles. The van der Waals surface area contributed by atoms with Crippen LogP contribution in [0.5, 0.6) is 0 Å². The lowest BCUT2D eigenvalue weighted by Gasteiger charge is -1.65. The highest BCUT2D eigenvalue weighted by Gasteiger charge is 1.44. The minimum absolute atomic E-state index is 0. The van der Waals surface area contributed by atoms with E-state index < -0.39 is 0 Å². The van der Waals surface area contributed by atoms with Crippen molar-refractivity contribution in [2.24, 2.45) is 10.7 Å². The molecule has 0 bridgehead atoms. The van der Waals surface area contributed by atoms with E-state index in [0.29, 0.717) is 10.5 Å². The van der Waals surface area contributed by atoms with E-state index in [2.05, 4.69) is 4.53 Å². The van der Waals surface area contributed by atoms with Crippen LogP contribution in [0.4, 0.5) is 0 Å². The van der Waals surface area contributed by atoms with E-state index in [1.807, 2.05) is 5.34 Å². The zero-order chi connectivity index (χ0) is 6.12. The summed E-state index contributed by atoms with van der Waals surface area (Å²) in [6.07, 6.45) is 0. The highest BCUT2D eigenvalue weighted by atomic mass is 28.2. The second kappa shape index (κ2) is 36.2. The SMILES string of the molecule is O=NO.O=NO[SiH3].[B]. The summed E-state index contributed by atoms with van der Waals surface area (Å²) in [6, 6.07) is 0. The molecule has 3 radical (unpaired) electrons. The minimum Gasteiger partial charge on any atom is -0.436 e. The van der Waals surface area contributed by atoms with Crippen molar-refractivity contribution in [2.75, 3.05) is 0 Å². The van der Waals surface area contributed by atoms with Gasteiger partial charge in [-0.05, 0) is 0 Å². The van der Waals surface area contributed by atoms with Gasteiger partial charge in [-0.3, -0.25) is 0 Å². The van der Waals surface area contributed by atoms with E-state index >= 15 is 0 Å². The maximum absolute atomic E-state index is 8.74. The monoisotopic (exact) mass is 135 g/mol. The molecular formula is H4BN2O4Si. The molecule has 6 nitrogen and oxygen atoms in total. The Labute approximate surface area is 50.2 Å². The van der Waals surface area contributed by atoms with Crippen LogP contribution < -0.4 is 0 Å². The van der Waals surface area contributed by atoms with Crippen molar-refractivity contribution in [3.8, 4) is 0 Å². The van der Waals surface area contributed by atoms with Crippen LogP contribution >= 0.6 is 0 Å². The van der Waals surface area contributed by atoms with Crippen LogP contribution in [0.15, 0.2) is 10.7 Å². The predicted molar refractivity (Wildman–Crippen MR) is 30.2 cm³/mol. The summed E-state index contributed by atoms with van der Waals surface area (Å²) >= 11 is 0. The first kappa shape index (κ1) is 15.7. The van der Waals surface area contributed by atoms with Gasteiger partial charge in [-0.2, -0.15) is 0 Å². The molecule has 0 aromatic carbocycles. The molecule has 0 aliphatic carbocycles. The van der Waals surface area contributed by atoms with Crippen molar-refractivity contribution in [2.45, 2.75) is 0 Å². The van der Waals surface area contributed by atoms with Gasteiger partial charge in [0.15, 0.2) is 5.34 Å². The van der Waals surface area contributed by atoms with Gasteiger partial charge in [-0.25, -0.2) is 0 Å². The minimum atomic E-state index is 0. The summed E-state index contributed by atoms with van der Waals surface area (Å²) in [5, 5.41) is 9.94. The molecule has 0 aromatic heterocycles. The molecule has 0 saturated heterocycles. The van der Waals surface area contributed by atoms with Gasteiger partial charge in [0.05, 0.1) is 0 Å². The van der Waals surface area contributed by atoms with Gasteiger partial charge in [0.1, 0.15) is 5.34 Å². The lowest BCUT2D eigenvalue weighted by Crippen LogP contribution is -1.58. The van der Waals surface area contributed by atoms with Crippen LogP contribution in [0, 0.1) is 9.81 Å². The molecule has 0 spiro atoms. The maximum Gasteiger partial charge on any atom is 0.247 e. The number of hydrogen-bond acceptors (Lipinski definition) is 5. The van der Waals surface area contributed by atoms with Crippen LogP contribution in [-0.2, 0) is 4.53 Å². The molecule has 0 heterocycles. The van der Waals surface area contributed by atoms with Crippen molar-refractivity contribution in [1.29, 1.82) is 0 Å². The highest BCUT2D eigenvalue weighted by molar-refractivity contribution is 5.97. The topological polar surface area (TPSA) is 88.3 Å². The molecule has 0 unspecified atom stereocenters. The lowest BCUT2D eigenvalue weighted by atomic mass is 10.8. The summed E-state index contributed by atoms with van der Waals surface area (Å²) in [4.78, 5) is 16.8. The van der Waals surface area contributed by atoms with E-state index in [1.54, 1.807) is 0 Å². The van der Waals surface area contributed by atoms with Crippen molar-refractivity contribution in [3.05, 3.63) is 9.81 Å². The third-order valence-corrected chi connectivity index (χ3v) is 0.224. The molecule has 0 rings (SSSR count). The third-order valence-electron chi connectivity index (χ3n) is 0.0745. The van der Waals surface area contributed by atoms with E-state index in [0.717, 1.165) is 0 Å². The Morgan fingerprint density at radius 2 is 1.62 bits per heavy atom. The Kier molecular flexibility index (Phi) is 71.2. The zero-order valence-electron chi connectivity index (χ0n) is 4.14. The van der Waals surface area contributed by atoms with Crippen LogP contribution in [-0.4, -0.2) is 24.1 Å². The third kappa shape index (κ3) is 12600. The highest BCUT2D eigenvalue weighted by Crippen LogP contribution is 1.50. The average molecular weight is 135 g/mol. The number of rotatable bonds is 1. The van der Waals surface area contributed by atoms with Gasteiger partial charge in [-0.1, -0.05) is 0 Å². The zero-order valence-corrected chi connectivity index (χ0v) is 6.14. The van der Waals surface area contributed by atoms with E-state index in [4.69, 9.17) is 15.0 Å². The largest absolute Gasteiger partial charge is 0.436 e. The molecule has 0 atom stereocenters. The van der Waals surface area contributed by atoms with Crippen molar-refractivity contribution in [3.63, 3.8) is 0 Å². The Morgan fingerprint density at radius 3 is 1.62 bits per heavy atom. The molecule has 0 aromatic rings. The van der Waals surface area contributed by atoms with E-state index in [-0.39, 0.29) is 8.41 Å². The average Bonchev–Trinajstić information content (AvgIpc) is 1.69. The Morgan fingerprint density at radius 1 is 1.50 bits per heavy atom. The molecule has 0 aliphatic heterocycles. The summed E-state index contributed by atoms with van der Waals surface area (Å²) in [7, 11) is 0.410. The maximum atomic E-state index is 8.74. The summed E-state index contributed by atoms with van der Waals surface area (Å²) in [5.41, 5.74) is 0. The summed E-state index contributed by atoms with van der Waals surface area (Å²) in [5.74, 6) is 0. The standard InChI is InChI=1S/B.H3NO2Si.HNO2/c;2-1-3-4;2-1-3/h;4H3;(H,2,3). The normalized spacial score (nSPS) is 4.50. The van der Waals surface area contributed by atoms with Crippen LogP contribution in [0.2, 0.25) is 0 Å². The first-order chi connectivity index (χ1) is 3.33. The fourth-order valence-corrected chi connectivity index (χ4v) is 0. The number of nitrogens with zero attached hydrogens (tertiary/aromatic N) is 2. The lowest BCUT2D eigenvalue weighted by molar-refractivity contribution is 0.312. The Bertz CT molecular complexity index is 49.3. The summed E-state index contributed by atoms with van der Waals surface area (Å²) in [6.45, 7) is 0. The fraction of sp³-hybridized carbons (Fsp3) is 0. The van der Waals surface area contributed by atoms with Crippen molar-refractivity contribution in [1.82, 2.24) is 0 Å². The van der Waals surface area contributed by atoms with Crippen molar-refractivity contribution < 1.29 is 9.73 Å². The molecule has 45 valence electrons. The van der Waals surface area contributed by atoms with Crippen molar-refractivity contribution >= 4 is 18.9 Å². The molecule has 0 amide bonds. The molecule has 8 heteroatoms. The fourth-order valence-electron chi connectivity index (χ4n) is 0. The second-order valence-electron chi connectivity index (χ2n) is 0.339. The smallest absolute Gasteiger partial charge is 0.247 e. The van der Waals surface area contributed by atoms with Crippen LogP contribution in [0.1, 0.15) is 0 Å². The van der Waals surface area contributed by atoms with Gasteiger partial charge >= 0.3 is 0 Å². The van der Waals surface area contributed by atoms with Gasteiger partial charge in [-0.15, -0.1) is 9.81 Å². The van der Waals surface area contributed by atoms with E-state index in [1.165, 1.54) is 5.34 Å². The molecule has 0 aliphatic rings. The van der Waals surface area contributed by atoms with Crippen LogP contribution in [0.25, 0.3) is 0 Å². The first-order valence-electron chi connectivity index (χ1n) is 1.16. The molecule has 1 N–H and O–H groups in total. The van der Waals surface area contributed by atoms with E-state index in [9.17, 15) is 0 Å². The quantitative estimate of drug-likeness (QED) is 0.275. The van der Waals surface area contributed by atoms with Gasteiger partial charge in [0.2, 0.25) is 10.5 Å². The summed E-state index contributed by atoms with van der Waals surface area (Å²) < 4.78 is 3.75. The Hall–Kier alpha value is -0.918. The second-order valence-corrected chi connectivity index (χ2v) is 0.704. The van der Waals surface area contributed by atoms with Gasteiger partial charge in [0.25, 0.3) is 0 Å². The van der Waals surface area contributed by atoms with Gasteiger partial charge in [0, 0.05) is 8.41 Å². The first-order valence-corrected chi connectivity index (χ1v) is 1.97. The molecular weight excluding hydrogens is 131 g/mol. The van der Waals surface area contributed by atoms with Gasteiger partial charge < -0.3 is 9.73 Å². The number of hydrogen-bond donors (Lipinski definition) is 1. The molecule has 8 heavy (non-hydrogen) atoms. The predicted octanol–water partition coefficient (Wildman–Crippen LogP) is -1.27. The Balaban J connectivity index is -0.0000000575. The van der Waals surface area contributed by atoms with Crippen LogP contribution in [0.3, 0.4) is 0 Å². The molecule has 0 fully saturated rings.